The zero-order valence-corrected chi connectivity index (χ0v) is 20.5. The van der Waals surface area contributed by atoms with Gasteiger partial charge in [-0.15, -0.1) is 0 Å². The van der Waals surface area contributed by atoms with Gasteiger partial charge in [0.15, 0.2) is 0 Å². The van der Waals surface area contributed by atoms with Crippen molar-refractivity contribution in [3.63, 3.8) is 0 Å². The summed E-state index contributed by atoms with van der Waals surface area (Å²) in [5.74, 6) is -1.60. The van der Waals surface area contributed by atoms with Crippen LogP contribution in [0.15, 0.2) is 48.5 Å². The van der Waals surface area contributed by atoms with Crippen LogP contribution in [0.3, 0.4) is 0 Å². The summed E-state index contributed by atoms with van der Waals surface area (Å²) in [6.07, 6.45) is 0.620. The lowest BCUT2D eigenvalue weighted by Gasteiger charge is -2.26. The SMILES string of the molecule is CCCCC(CC(=O)O)NC(=O)[C@@H](NC(=O)OCC1c2ccccc2-c2ccccc21)[C@@H](C)OC. The Balaban J connectivity index is 1.66. The van der Waals surface area contributed by atoms with Gasteiger partial charge in [0.05, 0.1) is 12.5 Å². The van der Waals surface area contributed by atoms with Crippen LogP contribution in [0.5, 0.6) is 0 Å². The zero-order chi connectivity index (χ0) is 25.4. The quantitative estimate of drug-likeness (QED) is 0.420. The molecule has 1 aliphatic rings. The van der Waals surface area contributed by atoms with Gasteiger partial charge in [-0.25, -0.2) is 4.79 Å². The summed E-state index contributed by atoms with van der Waals surface area (Å²) in [4.78, 5) is 36.9. The Morgan fingerprint density at radius 3 is 2.14 bits per heavy atom. The van der Waals surface area contributed by atoms with E-state index in [0.717, 1.165) is 35.1 Å². The number of benzene rings is 2. The smallest absolute Gasteiger partial charge is 0.407 e. The third-order valence-corrected chi connectivity index (χ3v) is 6.41. The summed E-state index contributed by atoms with van der Waals surface area (Å²) >= 11 is 0. The van der Waals surface area contributed by atoms with Crippen LogP contribution in [0.1, 0.15) is 56.6 Å². The summed E-state index contributed by atoms with van der Waals surface area (Å²) in [6.45, 7) is 3.77. The van der Waals surface area contributed by atoms with Crippen molar-refractivity contribution in [2.75, 3.05) is 13.7 Å². The summed E-state index contributed by atoms with van der Waals surface area (Å²) in [7, 11) is 1.44. The normalized spacial score (nSPS) is 14.8. The van der Waals surface area contributed by atoms with Crippen molar-refractivity contribution in [3.8, 4) is 11.1 Å². The number of unbranched alkanes of at least 4 members (excludes halogenated alkanes) is 1. The molecule has 2 amide bonds. The molecule has 2 aromatic carbocycles. The number of hydrogen-bond acceptors (Lipinski definition) is 5. The largest absolute Gasteiger partial charge is 0.481 e. The average molecular weight is 483 g/mol. The summed E-state index contributed by atoms with van der Waals surface area (Å²) in [6, 6.07) is 14.5. The van der Waals surface area contributed by atoms with E-state index < -0.39 is 36.2 Å². The highest BCUT2D eigenvalue weighted by atomic mass is 16.5. The Kier molecular flexibility index (Phi) is 9.25. The van der Waals surface area contributed by atoms with Crippen LogP contribution in [0.2, 0.25) is 0 Å². The Morgan fingerprint density at radius 2 is 1.60 bits per heavy atom. The van der Waals surface area contributed by atoms with Crippen molar-refractivity contribution in [2.24, 2.45) is 0 Å². The molecule has 1 aliphatic carbocycles. The van der Waals surface area contributed by atoms with E-state index in [9.17, 15) is 19.5 Å². The van der Waals surface area contributed by atoms with Gasteiger partial charge in [-0.3, -0.25) is 9.59 Å². The lowest BCUT2D eigenvalue weighted by atomic mass is 9.98. The monoisotopic (exact) mass is 482 g/mol. The fourth-order valence-electron chi connectivity index (χ4n) is 4.48. The lowest BCUT2D eigenvalue weighted by Crippen LogP contribution is -2.55. The molecular formula is C27H34N2O6. The molecular weight excluding hydrogens is 448 g/mol. The maximum absolute atomic E-state index is 13.0. The topological polar surface area (TPSA) is 114 Å². The van der Waals surface area contributed by atoms with Gasteiger partial charge in [0.2, 0.25) is 5.91 Å². The molecule has 2 aromatic rings. The van der Waals surface area contributed by atoms with Crippen molar-refractivity contribution in [1.29, 1.82) is 0 Å². The zero-order valence-electron chi connectivity index (χ0n) is 20.5. The van der Waals surface area contributed by atoms with Gasteiger partial charge in [0.25, 0.3) is 0 Å². The summed E-state index contributed by atoms with van der Waals surface area (Å²) < 4.78 is 10.9. The van der Waals surface area contributed by atoms with Crippen LogP contribution >= 0.6 is 0 Å². The Labute approximate surface area is 206 Å². The number of ether oxygens (including phenoxy) is 2. The van der Waals surface area contributed by atoms with E-state index in [0.29, 0.717) is 6.42 Å². The first-order chi connectivity index (χ1) is 16.8. The molecule has 3 rings (SSSR count). The minimum atomic E-state index is -1.03. The first-order valence-electron chi connectivity index (χ1n) is 12.0. The highest BCUT2D eigenvalue weighted by Gasteiger charge is 2.32. The van der Waals surface area contributed by atoms with Gasteiger partial charge in [-0.1, -0.05) is 68.3 Å². The number of carboxylic acid groups (broad SMARTS) is 1. The van der Waals surface area contributed by atoms with Crippen LogP contribution in [0.25, 0.3) is 11.1 Å². The van der Waals surface area contributed by atoms with E-state index in [4.69, 9.17) is 9.47 Å². The van der Waals surface area contributed by atoms with E-state index in [1.54, 1.807) is 6.92 Å². The average Bonchev–Trinajstić information content (AvgIpc) is 3.17. The minimum Gasteiger partial charge on any atom is -0.481 e. The molecule has 0 fully saturated rings. The van der Waals surface area contributed by atoms with E-state index in [1.807, 2.05) is 43.3 Å². The molecule has 0 aromatic heterocycles. The number of nitrogens with one attached hydrogen (secondary N) is 2. The molecule has 8 heteroatoms. The van der Waals surface area contributed by atoms with Crippen LogP contribution in [0.4, 0.5) is 4.79 Å². The van der Waals surface area contributed by atoms with Crippen molar-refractivity contribution >= 4 is 18.0 Å². The third-order valence-electron chi connectivity index (χ3n) is 6.41. The predicted octanol–water partition coefficient (Wildman–Crippen LogP) is 4.08. The van der Waals surface area contributed by atoms with Crippen LogP contribution in [-0.2, 0) is 19.1 Å². The fourth-order valence-corrected chi connectivity index (χ4v) is 4.48. The number of methoxy groups -OCH3 is 1. The number of carboxylic acids is 1. The molecule has 35 heavy (non-hydrogen) atoms. The van der Waals surface area contributed by atoms with Crippen LogP contribution < -0.4 is 10.6 Å². The maximum atomic E-state index is 13.0. The second-order valence-electron chi connectivity index (χ2n) is 8.83. The van der Waals surface area contributed by atoms with E-state index in [1.165, 1.54) is 7.11 Å². The molecule has 3 N–H and O–H groups in total. The molecule has 0 saturated heterocycles. The summed E-state index contributed by atoms with van der Waals surface area (Å²) in [5, 5.41) is 14.5. The second kappa shape index (κ2) is 12.4. The lowest BCUT2D eigenvalue weighted by molar-refractivity contribution is -0.138. The van der Waals surface area contributed by atoms with Gasteiger partial charge in [-0.05, 0) is 35.6 Å². The Hall–Kier alpha value is -3.39. The van der Waals surface area contributed by atoms with Crippen molar-refractivity contribution in [3.05, 3.63) is 59.7 Å². The minimum absolute atomic E-state index is 0.103. The Morgan fingerprint density at radius 1 is 1.00 bits per heavy atom. The van der Waals surface area contributed by atoms with Crippen molar-refractivity contribution in [2.45, 2.75) is 63.6 Å². The number of hydrogen-bond donors (Lipinski definition) is 3. The number of carbonyl (C=O) groups is 3. The second-order valence-corrected chi connectivity index (χ2v) is 8.83. The first-order valence-corrected chi connectivity index (χ1v) is 12.0. The number of rotatable bonds is 12. The Bertz CT molecular complexity index is 994. The van der Waals surface area contributed by atoms with Gasteiger partial charge in [0, 0.05) is 19.1 Å². The number of alkyl carbamates (subject to hydrolysis) is 1. The van der Waals surface area contributed by atoms with Crippen LogP contribution in [0, 0.1) is 0 Å². The molecule has 0 bridgehead atoms. The molecule has 0 spiro atoms. The molecule has 8 nitrogen and oxygen atoms in total. The molecule has 0 aliphatic heterocycles. The van der Waals surface area contributed by atoms with E-state index >= 15 is 0 Å². The van der Waals surface area contributed by atoms with Gasteiger partial charge >= 0.3 is 12.1 Å². The number of aliphatic carboxylic acids is 1. The van der Waals surface area contributed by atoms with Gasteiger partial charge in [-0.2, -0.15) is 0 Å². The summed E-state index contributed by atoms with van der Waals surface area (Å²) in [5.41, 5.74) is 4.43. The first kappa shape index (κ1) is 26.2. The molecule has 3 atom stereocenters. The molecule has 0 saturated carbocycles. The fraction of sp³-hybridized carbons (Fsp3) is 0.444. The van der Waals surface area contributed by atoms with Crippen LogP contribution in [-0.4, -0.2) is 55.0 Å². The van der Waals surface area contributed by atoms with Crippen molar-refractivity contribution < 1.29 is 29.0 Å². The maximum Gasteiger partial charge on any atom is 0.407 e. The number of fused-ring (bicyclic) bond motifs is 3. The molecule has 1 unspecified atom stereocenters. The van der Waals surface area contributed by atoms with E-state index in [-0.39, 0.29) is 18.9 Å². The highest BCUT2D eigenvalue weighted by Crippen LogP contribution is 2.44. The van der Waals surface area contributed by atoms with Crippen molar-refractivity contribution in [1.82, 2.24) is 10.6 Å². The number of amides is 2. The number of carbonyl (C=O) groups excluding carboxylic acids is 2. The molecule has 188 valence electrons. The van der Waals surface area contributed by atoms with Gasteiger partial charge in [0.1, 0.15) is 12.6 Å². The standard InChI is InChI=1S/C27H34N2O6/c1-4-5-10-18(15-24(30)31)28-26(32)25(17(2)34-3)29-27(33)35-16-23-21-13-8-6-11-19(21)20-12-7-9-14-22(20)23/h6-9,11-14,17-18,23,25H,4-5,10,15-16H2,1-3H3,(H,28,32)(H,29,33)(H,30,31)/t17-,18?,25+/m1/s1. The van der Waals surface area contributed by atoms with E-state index in [2.05, 4.69) is 22.8 Å². The highest BCUT2D eigenvalue weighted by molar-refractivity contribution is 5.87. The van der Waals surface area contributed by atoms with Gasteiger partial charge < -0.3 is 25.2 Å². The molecule has 0 heterocycles. The molecule has 0 radical (unpaired) electrons. The predicted molar refractivity (Wildman–Crippen MR) is 132 cm³/mol. The third kappa shape index (κ3) is 6.60.